The molecule has 3 aromatic rings. The summed E-state index contributed by atoms with van der Waals surface area (Å²) in [6.07, 6.45) is 3.79. The average Bonchev–Trinajstić information content (AvgIpc) is 3.28. The number of hydrogen-bond donors (Lipinski definition) is 0. The van der Waals surface area contributed by atoms with E-state index in [4.69, 9.17) is 9.47 Å². The van der Waals surface area contributed by atoms with Crippen molar-refractivity contribution in [2.24, 2.45) is 0 Å². The van der Waals surface area contributed by atoms with Crippen LogP contribution in [0.25, 0.3) is 5.69 Å². The van der Waals surface area contributed by atoms with Crippen LogP contribution < -0.4 is 14.4 Å². The van der Waals surface area contributed by atoms with Crippen molar-refractivity contribution in [2.75, 3.05) is 45.3 Å². The van der Waals surface area contributed by atoms with E-state index in [2.05, 4.69) is 45.6 Å². The Kier molecular flexibility index (Phi) is 5.61. The molecule has 0 N–H and O–H groups in total. The number of aromatic nitrogens is 2. The summed E-state index contributed by atoms with van der Waals surface area (Å²) in [6.45, 7) is 4.75. The van der Waals surface area contributed by atoms with Gasteiger partial charge in [-0.25, -0.2) is 4.98 Å². The molecule has 7 heteroatoms. The molecule has 0 aliphatic carbocycles. The number of anilines is 1. The minimum Gasteiger partial charge on any atom is -0.497 e. The summed E-state index contributed by atoms with van der Waals surface area (Å²) in [4.78, 5) is 21.7. The molecular formula is C23H26N4O3. The SMILES string of the molecule is COc1ccc(C(=O)N2CCN(c3nccn3-c3ccc(C)cc3)CC2)c(OC)c1. The van der Waals surface area contributed by atoms with Crippen LogP contribution in [0, 0.1) is 6.92 Å². The lowest BCUT2D eigenvalue weighted by Crippen LogP contribution is -2.49. The van der Waals surface area contributed by atoms with Gasteiger partial charge in [0, 0.05) is 50.3 Å². The van der Waals surface area contributed by atoms with Gasteiger partial charge in [0.15, 0.2) is 0 Å². The van der Waals surface area contributed by atoms with Gasteiger partial charge in [-0.2, -0.15) is 0 Å². The predicted molar refractivity (Wildman–Crippen MR) is 116 cm³/mol. The molecule has 4 rings (SSSR count). The summed E-state index contributed by atoms with van der Waals surface area (Å²) in [5.41, 5.74) is 2.85. The van der Waals surface area contributed by atoms with Crippen molar-refractivity contribution in [3.63, 3.8) is 0 Å². The summed E-state index contributed by atoms with van der Waals surface area (Å²) < 4.78 is 12.7. The Morgan fingerprint density at radius 2 is 1.70 bits per heavy atom. The van der Waals surface area contributed by atoms with E-state index in [1.165, 1.54) is 5.56 Å². The first-order chi connectivity index (χ1) is 14.6. The first-order valence-corrected chi connectivity index (χ1v) is 9.97. The largest absolute Gasteiger partial charge is 0.497 e. The maximum atomic E-state index is 13.1. The Balaban J connectivity index is 1.47. The van der Waals surface area contributed by atoms with Crippen LogP contribution >= 0.6 is 0 Å². The normalized spacial score (nSPS) is 14.0. The molecule has 2 aromatic carbocycles. The van der Waals surface area contributed by atoms with E-state index >= 15 is 0 Å². The molecule has 1 aliphatic rings. The van der Waals surface area contributed by atoms with Crippen molar-refractivity contribution in [3.05, 3.63) is 66.0 Å². The number of carbonyl (C=O) groups excluding carboxylic acids is 1. The molecular weight excluding hydrogens is 380 g/mol. The fraction of sp³-hybridized carbons (Fsp3) is 0.304. The highest BCUT2D eigenvalue weighted by Crippen LogP contribution is 2.27. The zero-order valence-corrected chi connectivity index (χ0v) is 17.5. The van der Waals surface area contributed by atoms with Crippen molar-refractivity contribution in [1.29, 1.82) is 0 Å². The van der Waals surface area contributed by atoms with E-state index in [1.807, 2.05) is 17.3 Å². The molecule has 30 heavy (non-hydrogen) atoms. The second-order valence-corrected chi connectivity index (χ2v) is 7.28. The summed E-state index contributed by atoms with van der Waals surface area (Å²) in [7, 11) is 3.16. The van der Waals surface area contributed by atoms with Gasteiger partial charge in [0.25, 0.3) is 5.91 Å². The van der Waals surface area contributed by atoms with Crippen LogP contribution in [0.1, 0.15) is 15.9 Å². The summed E-state index contributed by atoms with van der Waals surface area (Å²) in [5.74, 6) is 2.05. The number of aryl methyl sites for hydroxylation is 1. The smallest absolute Gasteiger partial charge is 0.257 e. The van der Waals surface area contributed by atoms with Crippen LogP contribution in [-0.2, 0) is 0 Å². The molecule has 2 heterocycles. The molecule has 156 valence electrons. The highest BCUT2D eigenvalue weighted by atomic mass is 16.5. The monoisotopic (exact) mass is 406 g/mol. The van der Waals surface area contributed by atoms with Crippen molar-refractivity contribution in [2.45, 2.75) is 6.92 Å². The minimum absolute atomic E-state index is 0.0315. The highest BCUT2D eigenvalue weighted by Gasteiger charge is 2.26. The molecule has 0 bridgehead atoms. The number of nitrogens with zero attached hydrogens (tertiary/aromatic N) is 4. The second kappa shape index (κ2) is 8.49. The lowest BCUT2D eigenvalue weighted by Gasteiger charge is -2.35. The van der Waals surface area contributed by atoms with Gasteiger partial charge >= 0.3 is 0 Å². The minimum atomic E-state index is -0.0315. The number of rotatable bonds is 5. The standard InChI is InChI=1S/C23H26N4O3/c1-17-4-6-18(7-5-17)27-11-10-24-23(27)26-14-12-25(13-15-26)22(28)20-9-8-19(29-2)16-21(20)30-3/h4-11,16H,12-15H2,1-3H3. The number of piperazine rings is 1. The van der Waals surface area contributed by atoms with Gasteiger partial charge < -0.3 is 19.3 Å². The van der Waals surface area contributed by atoms with Crippen LogP contribution in [0.4, 0.5) is 5.95 Å². The maximum Gasteiger partial charge on any atom is 0.257 e. The second-order valence-electron chi connectivity index (χ2n) is 7.28. The molecule has 0 unspecified atom stereocenters. The Labute approximate surface area is 176 Å². The third kappa shape index (κ3) is 3.83. The Morgan fingerprint density at radius 1 is 0.967 bits per heavy atom. The van der Waals surface area contributed by atoms with Gasteiger partial charge in [0.2, 0.25) is 5.95 Å². The number of imidazole rings is 1. The highest BCUT2D eigenvalue weighted by molar-refractivity contribution is 5.97. The van der Waals surface area contributed by atoms with Crippen LogP contribution in [0.15, 0.2) is 54.9 Å². The zero-order valence-electron chi connectivity index (χ0n) is 17.5. The summed E-state index contributed by atoms with van der Waals surface area (Å²) >= 11 is 0. The van der Waals surface area contributed by atoms with E-state index < -0.39 is 0 Å². The Bertz CT molecular complexity index is 1020. The van der Waals surface area contributed by atoms with Gasteiger partial charge in [-0.3, -0.25) is 9.36 Å². The molecule has 0 radical (unpaired) electrons. The maximum absolute atomic E-state index is 13.1. The number of methoxy groups -OCH3 is 2. The number of carbonyl (C=O) groups is 1. The van der Waals surface area contributed by atoms with Crippen LogP contribution in [-0.4, -0.2) is 60.8 Å². The first-order valence-electron chi connectivity index (χ1n) is 9.97. The Hall–Kier alpha value is -3.48. The topological polar surface area (TPSA) is 59.8 Å². The summed E-state index contributed by atoms with van der Waals surface area (Å²) in [6, 6.07) is 13.7. The van der Waals surface area contributed by atoms with E-state index in [0.717, 1.165) is 11.6 Å². The van der Waals surface area contributed by atoms with E-state index in [0.29, 0.717) is 43.2 Å². The average molecular weight is 406 g/mol. The fourth-order valence-electron chi connectivity index (χ4n) is 3.69. The van der Waals surface area contributed by atoms with Gasteiger partial charge in [-0.15, -0.1) is 0 Å². The number of hydrogen-bond acceptors (Lipinski definition) is 5. The third-order valence-electron chi connectivity index (χ3n) is 5.42. The lowest BCUT2D eigenvalue weighted by molar-refractivity contribution is 0.0742. The third-order valence-corrected chi connectivity index (χ3v) is 5.42. The number of benzene rings is 2. The van der Waals surface area contributed by atoms with E-state index in [-0.39, 0.29) is 5.91 Å². The molecule has 0 saturated carbocycles. The van der Waals surface area contributed by atoms with Gasteiger partial charge in [-0.1, -0.05) is 17.7 Å². The van der Waals surface area contributed by atoms with Crippen molar-refractivity contribution in [1.82, 2.24) is 14.5 Å². The van der Waals surface area contributed by atoms with Gasteiger partial charge in [-0.05, 0) is 31.2 Å². The zero-order chi connectivity index (χ0) is 21.1. The number of amides is 1. The van der Waals surface area contributed by atoms with Crippen molar-refractivity contribution in [3.8, 4) is 17.2 Å². The molecule has 1 aromatic heterocycles. The predicted octanol–water partition coefficient (Wildman–Crippen LogP) is 3.16. The summed E-state index contributed by atoms with van der Waals surface area (Å²) in [5, 5.41) is 0. The van der Waals surface area contributed by atoms with Gasteiger partial charge in [0.1, 0.15) is 11.5 Å². The van der Waals surface area contributed by atoms with Crippen LogP contribution in [0.3, 0.4) is 0 Å². The molecule has 1 aliphatic heterocycles. The molecule has 0 atom stereocenters. The van der Waals surface area contributed by atoms with Gasteiger partial charge in [0.05, 0.1) is 19.8 Å². The molecule has 1 saturated heterocycles. The molecule has 1 amide bonds. The van der Waals surface area contributed by atoms with Crippen molar-refractivity contribution >= 4 is 11.9 Å². The van der Waals surface area contributed by atoms with Crippen LogP contribution in [0.2, 0.25) is 0 Å². The first kappa shape index (κ1) is 19.8. The van der Waals surface area contributed by atoms with E-state index in [1.54, 1.807) is 32.4 Å². The van der Waals surface area contributed by atoms with Crippen molar-refractivity contribution < 1.29 is 14.3 Å². The van der Waals surface area contributed by atoms with Crippen LogP contribution in [0.5, 0.6) is 11.5 Å². The molecule has 1 fully saturated rings. The lowest BCUT2D eigenvalue weighted by atomic mass is 10.1. The Morgan fingerprint density at radius 3 is 2.37 bits per heavy atom. The molecule has 0 spiro atoms. The fourth-order valence-corrected chi connectivity index (χ4v) is 3.69. The quantitative estimate of drug-likeness (QED) is 0.651. The number of ether oxygens (including phenoxy) is 2. The van der Waals surface area contributed by atoms with E-state index in [9.17, 15) is 4.79 Å². The molecule has 7 nitrogen and oxygen atoms in total.